The lowest BCUT2D eigenvalue weighted by molar-refractivity contribution is -0.114. The van der Waals surface area contributed by atoms with Crippen LogP contribution in [0.2, 0.25) is 0 Å². The zero-order chi connectivity index (χ0) is 20.0. The Kier molecular flexibility index (Phi) is 6.53. The topological polar surface area (TPSA) is 87.7 Å². The second-order valence-corrected chi connectivity index (χ2v) is 8.43. The van der Waals surface area contributed by atoms with Crippen molar-refractivity contribution in [2.24, 2.45) is 0 Å². The van der Waals surface area contributed by atoms with Gasteiger partial charge in [0.15, 0.2) is 0 Å². The van der Waals surface area contributed by atoms with Gasteiger partial charge in [-0.25, -0.2) is 8.42 Å². The maximum absolute atomic E-state index is 12.5. The van der Waals surface area contributed by atoms with Crippen molar-refractivity contribution in [3.63, 3.8) is 0 Å². The van der Waals surface area contributed by atoms with Crippen LogP contribution in [0, 0.1) is 0 Å². The standard InChI is InChI=1S/C20H25N3O4S/c1-2-27-18-9-5-16(6-10-18)21-15-20(24)22-17-7-11-19(12-8-17)28(25,26)23-13-3-4-14-23/h5-12,21H,2-4,13-15H2,1H3,(H,22,24). The molecule has 7 nitrogen and oxygen atoms in total. The summed E-state index contributed by atoms with van der Waals surface area (Å²) in [4.78, 5) is 12.4. The van der Waals surface area contributed by atoms with Crippen molar-refractivity contribution in [1.82, 2.24) is 4.31 Å². The summed E-state index contributed by atoms with van der Waals surface area (Å²) in [6.45, 7) is 3.76. The van der Waals surface area contributed by atoms with Gasteiger partial charge in [0.25, 0.3) is 0 Å². The third-order valence-electron chi connectivity index (χ3n) is 4.46. The first-order valence-electron chi connectivity index (χ1n) is 9.36. The molecule has 2 N–H and O–H groups in total. The zero-order valence-corrected chi connectivity index (χ0v) is 16.7. The number of sulfonamides is 1. The van der Waals surface area contributed by atoms with Gasteiger partial charge in [0, 0.05) is 24.5 Å². The van der Waals surface area contributed by atoms with Crippen LogP contribution in [0.1, 0.15) is 19.8 Å². The third kappa shape index (κ3) is 5.02. The molecule has 1 amide bonds. The molecule has 0 spiro atoms. The fourth-order valence-electron chi connectivity index (χ4n) is 3.01. The fourth-order valence-corrected chi connectivity index (χ4v) is 4.53. The second-order valence-electron chi connectivity index (χ2n) is 6.49. The Morgan fingerprint density at radius 2 is 1.61 bits per heavy atom. The Labute approximate surface area is 165 Å². The maximum Gasteiger partial charge on any atom is 0.243 e. The van der Waals surface area contributed by atoms with E-state index in [1.807, 2.05) is 31.2 Å². The summed E-state index contributed by atoms with van der Waals surface area (Å²) < 4.78 is 31.9. The molecule has 0 bridgehead atoms. The SMILES string of the molecule is CCOc1ccc(NCC(=O)Nc2ccc(S(=O)(=O)N3CCCC3)cc2)cc1. The summed E-state index contributed by atoms with van der Waals surface area (Å²) >= 11 is 0. The highest BCUT2D eigenvalue weighted by Gasteiger charge is 2.26. The number of nitrogens with one attached hydrogen (secondary N) is 2. The van der Waals surface area contributed by atoms with E-state index in [-0.39, 0.29) is 17.3 Å². The largest absolute Gasteiger partial charge is 0.494 e. The number of nitrogens with zero attached hydrogens (tertiary/aromatic N) is 1. The lowest BCUT2D eigenvalue weighted by Crippen LogP contribution is -2.27. The highest BCUT2D eigenvalue weighted by Crippen LogP contribution is 2.22. The van der Waals surface area contributed by atoms with Crippen LogP contribution < -0.4 is 15.4 Å². The minimum Gasteiger partial charge on any atom is -0.494 e. The lowest BCUT2D eigenvalue weighted by atomic mass is 10.3. The van der Waals surface area contributed by atoms with Crippen molar-refractivity contribution < 1.29 is 17.9 Å². The normalized spacial score (nSPS) is 14.6. The molecule has 0 unspecified atom stereocenters. The van der Waals surface area contributed by atoms with Crippen molar-refractivity contribution in [3.8, 4) is 5.75 Å². The van der Waals surface area contributed by atoms with E-state index in [1.165, 1.54) is 16.4 Å². The Morgan fingerprint density at radius 3 is 2.21 bits per heavy atom. The average Bonchev–Trinajstić information content (AvgIpc) is 3.24. The zero-order valence-electron chi connectivity index (χ0n) is 15.8. The summed E-state index contributed by atoms with van der Waals surface area (Å²) in [7, 11) is -3.44. The molecule has 0 aliphatic carbocycles. The predicted molar refractivity (Wildman–Crippen MR) is 109 cm³/mol. The van der Waals surface area contributed by atoms with Gasteiger partial charge in [0.2, 0.25) is 15.9 Å². The number of amides is 1. The van der Waals surface area contributed by atoms with Crippen LogP contribution >= 0.6 is 0 Å². The second kappa shape index (κ2) is 9.07. The summed E-state index contributed by atoms with van der Waals surface area (Å²) in [5.41, 5.74) is 1.37. The van der Waals surface area contributed by atoms with Crippen LogP contribution in [0.4, 0.5) is 11.4 Å². The summed E-state index contributed by atoms with van der Waals surface area (Å²) in [6, 6.07) is 13.6. The van der Waals surface area contributed by atoms with Crippen molar-refractivity contribution in [2.75, 3.05) is 36.9 Å². The van der Waals surface area contributed by atoms with Gasteiger partial charge in [-0.15, -0.1) is 0 Å². The molecule has 1 aliphatic rings. The van der Waals surface area contributed by atoms with Gasteiger partial charge in [0.1, 0.15) is 5.75 Å². The molecular weight excluding hydrogens is 378 g/mol. The van der Waals surface area contributed by atoms with Crippen molar-refractivity contribution in [3.05, 3.63) is 48.5 Å². The van der Waals surface area contributed by atoms with Crippen LogP contribution in [0.15, 0.2) is 53.4 Å². The van der Waals surface area contributed by atoms with E-state index < -0.39 is 10.0 Å². The molecule has 0 aromatic heterocycles. The maximum atomic E-state index is 12.5. The smallest absolute Gasteiger partial charge is 0.243 e. The lowest BCUT2D eigenvalue weighted by Gasteiger charge is -2.15. The molecule has 1 heterocycles. The van der Waals surface area contributed by atoms with E-state index in [1.54, 1.807) is 12.1 Å². The fraction of sp³-hybridized carbons (Fsp3) is 0.350. The van der Waals surface area contributed by atoms with Crippen LogP contribution in [-0.4, -0.2) is 44.9 Å². The molecule has 1 saturated heterocycles. The molecule has 0 saturated carbocycles. The van der Waals surface area contributed by atoms with E-state index in [9.17, 15) is 13.2 Å². The van der Waals surface area contributed by atoms with E-state index in [0.717, 1.165) is 24.3 Å². The van der Waals surface area contributed by atoms with Gasteiger partial charge in [0.05, 0.1) is 18.0 Å². The number of hydrogen-bond acceptors (Lipinski definition) is 5. The van der Waals surface area contributed by atoms with Gasteiger partial charge < -0.3 is 15.4 Å². The van der Waals surface area contributed by atoms with E-state index >= 15 is 0 Å². The number of carbonyl (C=O) groups excluding carboxylic acids is 1. The first kappa shape index (κ1) is 20.2. The van der Waals surface area contributed by atoms with Gasteiger partial charge in [-0.05, 0) is 68.3 Å². The number of anilines is 2. The Hall–Kier alpha value is -2.58. The monoisotopic (exact) mass is 403 g/mol. The Balaban J connectivity index is 1.52. The van der Waals surface area contributed by atoms with Gasteiger partial charge in [-0.2, -0.15) is 4.31 Å². The van der Waals surface area contributed by atoms with Crippen LogP contribution in [0.3, 0.4) is 0 Å². The van der Waals surface area contributed by atoms with Crippen molar-refractivity contribution in [1.29, 1.82) is 0 Å². The molecule has 8 heteroatoms. The van der Waals surface area contributed by atoms with Crippen molar-refractivity contribution >= 4 is 27.3 Å². The molecular formula is C20H25N3O4S. The Bertz CT molecular complexity index is 890. The van der Waals surface area contributed by atoms with Crippen LogP contribution in [0.5, 0.6) is 5.75 Å². The van der Waals surface area contributed by atoms with Crippen LogP contribution in [-0.2, 0) is 14.8 Å². The van der Waals surface area contributed by atoms with E-state index in [4.69, 9.17) is 4.74 Å². The Morgan fingerprint density at radius 1 is 1.00 bits per heavy atom. The van der Waals surface area contributed by atoms with Gasteiger partial charge in [-0.1, -0.05) is 0 Å². The number of ether oxygens (including phenoxy) is 1. The molecule has 1 fully saturated rings. The summed E-state index contributed by atoms with van der Waals surface area (Å²) in [5, 5.41) is 5.79. The number of hydrogen-bond donors (Lipinski definition) is 2. The quantitative estimate of drug-likeness (QED) is 0.708. The summed E-state index contributed by atoms with van der Waals surface area (Å²) in [6.07, 6.45) is 1.80. The molecule has 150 valence electrons. The average molecular weight is 404 g/mol. The van der Waals surface area contributed by atoms with Crippen molar-refractivity contribution in [2.45, 2.75) is 24.7 Å². The molecule has 28 heavy (non-hydrogen) atoms. The molecule has 0 radical (unpaired) electrons. The first-order valence-corrected chi connectivity index (χ1v) is 10.8. The van der Waals surface area contributed by atoms with Crippen LogP contribution in [0.25, 0.3) is 0 Å². The first-order chi connectivity index (χ1) is 13.5. The molecule has 0 atom stereocenters. The summed E-state index contributed by atoms with van der Waals surface area (Å²) in [5.74, 6) is 0.561. The number of benzene rings is 2. The van der Waals surface area contributed by atoms with Gasteiger partial charge >= 0.3 is 0 Å². The highest BCUT2D eigenvalue weighted by molar-refractivity contribution is 7.89. The number of rotatable bonds is 8. The number of carbonyl (C=O) groups is 1. The predicted octanol–water partition coefficient (Wildman–Crippen LogP) is 2.92. The molecule has 1 aliphatic heterocycles. The van der Waals surface area contributed by atoms with E-state index in [2.05, 4.69) is 10.6 Å². The molecule has 3 rings (SSSR count). The highest BCUT2D eigenvalue weighted by atomic mass is 32.2. The minimum atomic E-state index is -3.44. The molecule has 2 aromatic rings. The third-order valence-corrected chi connectivity index (χ3v) is 6.37. The molecule has 2 aromatic carbocycles. The minimum absolute atomic E-state index is 0.0990. The van der Waals surface area contributed by atoms with E-state index in [0.29, 0.717) is 25.4 Å². The van der Waals surface area contributed by atoms with Gasteiger partial charge in [-0.3, -0.25) is 4.79 Å².